The fourth-order valence-corrected chi connectivity index (χ4v) is 4.88. The van der Waals surface area contributed by atoms with Gasteiger partial charge in [-0.3, -0.25) is 9.59 Å². The minimum Gasteiger partial charge on any atom is -0.357 e. The number of hydrogen-bond donors (Lipinski definition) is 2. The summed E-state index contributed by atoms with van der Waals surface area (Å²) in [6, 6.07) is 1.63. The fourth-order valence-electron chi connectivity index (χ4n) is 3.34. The molecule has 0 aromatic heterocycles. The van der Waals surface area contributed by atoms with Crippen LogP contribution in [0.25, 0.3) is 0 Å². The zero-order valence-corrected chi connectivity index (χ0v) is 17.6. The van der Waals surface area contributed by atoms with E-state index in [-0.39, 0.29) is 43.7 Å². The Morgan fingerprint density at radius 1 is 1.21 bits per heavy atom. The predicted molar refractivity (Wildman–Crippen MR) is 103 cm³/mol. The van der Waals surface area contributed by atoms with Gasteiger partial charge in [-0.05, 0) is 43.4 Å². The third-order valence-corrected chi connectivity index (χ3v) is 6.84. The number of amides is 2. The van der Waals surface area contributed by atoms with Crippen molar-refractivity contribution < 1.29 is 26.8 Å². The Kier molecular flexibility index (Phi) is 7.70. The van der Waals surface area contributed by atoms with E-state index in [4.69, 9.17) is 0 Å². The van der Waals surface area contributed by atoms with Crippen LogP contribution in [0.2, 0.25) is 0 Å². The van der Waals surface area contributed by atoms with E-state index < -0.39 is 38.5 Å². The number of nitrogens with zero attached hydrogens (tertiary/aromatic N) is 1. The van der Waals surface area contributed by atoms with Gasteiger partial charge in [-0.2, -0.15) is 4.31 Å². The number of hydrogen-bond acceptors (Lipinski definition) is 4. The van der Waals surface area contributed by atoms with Gasteiger partial charge >= 0.3 is 0 Å². The van der Waals surface area contributed by atoms with Crippen molar-refractivity contribution in [3.63, 3.8) is 0 Å². The quantitative estimate of drug-likeness (QED) is 0.686. The van der Waals surface area contributed by atoms with Crippen LogP contribution in [-0.2, 0) is 19.6 Å². The van der Waals surface area contributed by atoms with E-state index in [1.54, 1.807) is 0 Å². The number of sulfonamides is 1. The Bertz CT molecular complexity index is 853. The number of likely N-dealkylation sites (N-methyl/N-ethyl adjacent to an activating group) is 1. The summed E-state index contributed by atoms with van der Waals surface area (Å²) in [7, 11) is -2.70. The second-order valence-electron chi connectivity index (χ2n) is 7.56. The molecule has 1 aliphatic heterocycles. The molecule has 0 bridgehead atoms. The molecule has 1 unspecified atom stereocenters. The van der Waals surface area contributed by atoms with E-state index in [9.17, 15) is 26.8 Å². The molecular formula is C19H27F2N3O4S. The van der Waals surface area contributed by atoms with Crippen molar-refractivity contribution in [3.05, 3.63) is 29.8 Å². The summed E-state index contributed by atoms with van der Waals surface area (Å²) in [6.45, 7) is 3.89. The van der Waals surface area contributed by atoms with Crippen LogP contribution in [0.1, 0.15) is 33.1 Å². The predicted octanol–water partition coefficient (Wildman–Crippen LogP) is 1.64. The molecular weight excluding hydrogens is 404 g/mol. The number of piperidine rings is 1. The molecule has 29 heavy (non-hydrogen) atoms. The van der Waals surface area contributed by atoms with Gasteiger partial charge in [0.15, 0.2) is 0 Å². The van der Waals surface area contributed by atoms with Crippen molar-refractivity contribution in [1.82, 2.24) is 14.9 Å². The van der Waals surface area contributed by atoms with Crippen LogP contribution in [0.5, 0.6) is 0 Å². The number of carbonyl (C=O) groups is 2. The van der Waals surface area contributed by atoms with Gasteiger partial charge in [0.25, 0.3) is 0 Å². The minimum absolute atomic E-state index is 0.00515. The lowest BCUT2D eigenvalue weighted by Crippen LogP contribution is -2.50. The Labute approximate surface area is 169 Å². The molecule has 1 aromatic rings. The van der Waals surface area contributed by atoms with Gasteiger partial charge in [-0.25, -0.2) is 17.2 Å². The second kappa shape index (κ2) is 9.62. The number of nitrogens with one attached hydrogen (secondary N) is 2. The first-order valence-corrected chi connectivity index (χ1v) is 11.0. The van der Waals surface area contributed by atoms with E-state index in [0.717, 1.165) is 16.4 Å². The van der Waals surface area contributed by atoms with Crippen LogP contribution >= 0.6 is 0 Å². The standard InChI is InChI=1S/C19H27F2N3O4S/c1-12(2)10-16(19(26)22-3)23-18(25)13-6-8-24(9-7-13)29(27,28)17-11-14(20)4-5-15(17)21/h4-5,11-13,16H,6-10H2,1-3H3,(H,22,26)(H,23,25). The molecule has 0 radical (unpaired) electrons. The molecule has 0 spiro atoms. The van der Waals surface area contributed by atoms with Crippen LogP contribution in [0.4, 0.5) is 8.78 Å². The van der Waals surface area contributed by atoms with Crippen LogP contribution in [-0.4, -0.2) is 50.7 Å². The Morgan fingerprint density at radius 2 is 1.83 bits per heavy atom. The van der Waals surface area contributed by atoms with Crippen molar-refractivity contribution >= 4 is 21.8 Å². The maximum absolute atomic E-state index is 13.9. The molecule has 1 fully saturated rings. The van der Waals surface area contributed by atoms with E-state index in [1.165, 1.54) is 7.05 Å². The van der Waals surface area contributed by atoms with Gasteiger partial charge < -0.3 is 10.6 Å². The fraction of sp³-hybridized carbons (Fsp3) is 0.579. The first-order valence-electron chi connectivity index (χ1n) is 9.53. The van der Waals surface area contributed by atoms with Crippen molar-refractivity contribution in [2.45, 2.75) is 44.0 Å². The molecule has 0 aliphatic carbocycles. The Morgan fingerprint density at radius 3 is 2.38 bits per heavy atom. The SMILES string of the molecule is CNC(=O)C(CC(C)C)NC(=O)C1CCN(S(=O)(=O)c2cc(F)ccc2F)CC1. The topological polar surface area (TPSA) is 95.6 Å². The minimum atomic E-state index is -4.20. The molecule has 2 rings (SSSR count). The maximum atomic E-state index is 13.9. The summed E-state index contributed by atoms with van der Waals surface area (Å²) in [6.07, 6.45) is 0.936. The number of halogens is 2. The monoisotopic (exact) mass is 431 g/mol. The summed E-state index contributed by atoms with van der Waals surface area (Å²) < 4.78 is 53.6. The van der Waals surface area contributed by atoms with Crippen LogP contribution in [0, 0.1) is 23.5 Å². The highest BCUT2D eigenvalue weighted by atomic mass is 32.2. The highest BCUT2D eigenvalue weighted by molar-refractivity contribution is 7.89. The first kappa shape index (κ1) is 23.2. The average Bonchev–Trinajstić information content (AvgIpc) is 2.68. The molecule has 7 nitrogen and oxygen atoms in total. The zero-order valence-electron chi connectivity index (χ0n) is 16.7. The smallest absolute Gasteiger partial charge is 0.246 e. The third kappa shape index (κ3) is 5.72. The second-order valence-corrected chi connectivity index (χ2v) is 9.46. The largest absolute Gasteiger partial charge is 0.357 e. The molecule has 1 aromatic carbocycles. The van der Waals surface area contributed by atoms with E-state index >= 15 is 0 Å². The highest BCUT2D eigenvalue weighted by Gasteiger charge is 2.34. The maximum Gasteiger partial charge on any atom is 0.246 e. The summed E-state index contributed by atoms with van der Waals surface area (Å²) in [4.78, 5) is 23.8. The number of rotatable bonds is 7. The molecule has 162 valence electrons. The van der Waals surface area contributed by atoms with Gasteiger partial charge in [-0.15, -0.1) is 0 Å². The first-order chi connectivity index (χ1) is 13.6. The average molecular weight is 432 g/mol. The van der Waals surface area contributed by atoms with E-state index in [0.29, 0.717) is 12.5 Å². The zero-order chi connectivity index (χ0) is 21.8. The molecule has 1 atom stereocenters. The van der Waals surface area contributed by atoms with Gasteiger partial charge in [0.1, 0.15) is 22.6 Å². The normalized spacial score (nSPS) is 17.2. The van der Waals surface area contributed by atoms with E-state index in [2.05, 4.69) is 10.6 Å². The molecule has 0 saturated carbocycles. The van der Waals surface area contributed by atoms with Crippen molar-refractivity contribution in [2.75, 3.05) is 20.1 Å². The summed E-state index contributed by atoms with van der Waals surface area (Å²) in [5.74, 6) is -2.72. The van der Waals surface area contributed by atoms with Gasteiger partial charge in [-0.1, -0.05) is 13.8 Å². The van der Waals surface area contributed by atoms with Crippen LogP contribution < -0.4 is 10.6 Å². The van der Waals surface area contributed by atoms with Crippen molar-refractivity contribution in [3.8, 4) is 0 Å². The lowest BCUT2D eigenvalue weighted by molar-refractivity contribution is -0.132. The van der Waals surface area contributed by atoms with Gasteiger partial charge in [0.05, 0.1) is 0 Å². The van der Waals surface area contributed by atoms with Crippen LogP contribution in [0.15, 0.2) is 23.1 Å². The molecule has 10 heteroatoms. The highest BCUT2D eigenvalue weighted by Crippen LogP contribution is 2.26. The molecule has 2 N–H and O–H groups in total. The van der Waals surface area contributed by atoms with Gasteiger partial charge in [0, 0.05) is 26.1 Å². The van der Waals surface area contributed by atoms with Crippen molar-refractivity contribution in [2.24, 2.45) is 11.8 Å². The van der Waals surface area contributed by atoms with Gasteiger partial charge in [0.2, 0.25) is 21.8 Å². The number of carbonyl (C=O) groups excluding carboxylic acids is 2. The molecule has 1 saturated heterocycles. The molecule has 1 aliphatic rings. The summed E-state index contributed by atoms with van der Waals surface area (Å²) >= 11 is 0. The lowest BCUT2D eigenvalue weighted by Gasteiger charge is -2.31. The lowest BCUT2D eigenvalue weighted by atomic mass is 9.95. The number of benzene rings is 1. The Balaban J connectivity index is 2.03. The third-order valence-electron chi connectivity index (χ3n) is 4.92. The molecule has 2 amide bonds. The molecule has 1 heterocycles. The summed E-state index contributed by atoms with van der Waals surface area (Å²) in [5, 5.41) is 5.27. The summed E-state index contributed by atoms with van der Waals surface area (Å²) in [5.41, 5.74) is 0. The van der Waals surface area contributed by atoms with Crippen molar-refractivity contribution in [1.29, 1.82) is 0 Å². The van der Waals surface area contributed by atoms with Crippen LogP contribution in [0.3, 0.4) is 0 Å². The Hall–Kier alpha value is -2.07. The van der Waals surface area contributed by atoms with E-state index in [1.807, 2.05) is 13.8 Å².